The lowest BCUT2D eigenvalue weighted by Crippen LogP contribution is -2.41. The van der Waals surface area contributed by atoms with Gasteiger partial charge in [-0.3, -0.25) is 4.79 Å². The average molecular weight is 276 g/mol. The second-order valence-corrected chi connectivity index (χ2v) is 7.21. The van der Waals surface area contributed by atoms with Gasteiger partial charge in [-0.2, -0.15) is 0 Å². The molecule has 100 valence electrons. The fraction of sp³-hybridized carbons (Fsp3) is 0.500. The molecular formula is C14H17BO3S. The average Bonchev–Trinajstić information content (AvgIpc) is 2.74. The first-order valence-electron chi connectivity index (χ1n) is 6.48. The zero-order valence-electron chi connectivity index (χ0n) is 11.6. The second-order valence-electron chi connectivity index (χ2n) is 6.11. The third-order valence-electron chi connectivity index (χ3n) is 4.18. The largest absolute Gasteiger partial charge is 0.494 e. The number of fused-ring (bicyclic) bond motifs is 1. The number of rotatable bonds is 1. The molecule has 2 aliphatic rings. The molecule has 0 bridgehead atoms. The predicted molar refractivity (Wildman–Crippen MR) is 76.7 cm³/mol. The molecule has 0 N–H and O–H groups in total. The van der Waals surface area contributed by atoms with Crippen molar-refractivity contribution in [1.82, 2.24) is 0 Å². The van der Waals surface area contributed by atoms with Gasteiger partial charge in [-0.25, -0.2) is 0 Å². The first-order valence-corrected chi connectivity index (χ1v) is 7.29. The number of benzene rings is 1. The van der Waals surface area contributed by atoms with Gasteiger partial charge in [-0.1, -0.05) is 23.9 Å². The van der Waals surface area contributed by atoms with Crippen LogP contribution in [-0.4, -0.2) is 23.4 Å². The fourth-order valence-electron chi connectivity index (χ4n) is 2.25. The summed E-state index contributed by atoms with van der Waals surface area (Å²) in [5.74, 6) is 0. The Kier molecular flexibility index (Phi) is 2.86. The molecule has 1 aromatic rings. The van der Waals surface area contributed by atoms with Crippen LogP contribution in [0, 0.1) is 0 Å². The zero-order chi connectivity index (χ0) is 13.8. The van der Waals surface area contributed by atoms with Crippen LogP contribution in [0.1, 0.15) is 33.3 Å². The molecule has 0 spiro atoms. The van der Waals surface area contributed by atoms with Gasteiger partial charge >= 0.3 is 7.12 Å². The lowest BCUT2D eigenvalue weighted by Gasteiger charge is -2.32. The van der Waals surface area contributed by atoms with Crippen LogP contribution >= 0.6 is 11.8 Å². The first-order chi connectivity index (χ1) is 8.78. The molecule has 2 aliphatic heterocycles. The zero-order valence-corrected chi connectivity index (χ0v) is 12.5. The molecule has 3 nitrogen and oxygen atoms in total. The monoisotopic (exact) mass is 276 g/mol. The maximum atomic E-state index is 11.4. The smallest absolute Gasteiger partial charge is 0.399 e. The van der Waals surface area contributed by atoms with Crippen LogP contribution in [0.15, 0.2) is 23.1 Å². The highest BCUT2D eigenvalue weighted by Gasteiger charge is 2.51. The van der Waals surface area contributed by atoms with Crippen molar-refractivity contribution in [2.45, 2.75) is 50.2 Å². The molecule has 0 saturated carbocycles. The maximum Gasteiger partial charge on any atom is 0.494 e. The number of hydrogen-bond acceptors (Lipinski definition) is 4. The Morgan fingerprint density at radius 1 is 1.16 bits per heavy atom. The summed E-state index contributed by atoms with van der Waals surface area (Å²) in [4.78, 5) is 12.5. The van der Waals surface area contributed by atoms with Crippen LogP contribution in [0.2, 0.25) is 0 Å². The normalized spacial score (nSPS) is 23.8. The molecule has 0 aromatic heterocycles. The molecule has 5 heteroatoms. The van der Waals surface area contributed by atoms with E-state index in [1.807, 2.05) is 45.9 Å². The van der Waals surface area contributed by atoms with Crippen LogP contribution in [-0.2, 0) is 20.5 Å². The molecule has 0 amide bonds. The van der Waals surface area contributed by atoms with Crippen LogP contribution in [0.3, 0.4) is 0 Å². The highest BCUT2D eigenvalue weighted by atomic mass is 32.2. The Labute approximate surface area is 118 Å². The van der Waals surface area contributed by atoms with Gasteiger partial charge in [0.25, 0.3) is 0 Å². The third kappa shape index (κ3) is 2.14. The molecule has 0 unspecified atom stereocenters. The van der Waals surface area contributed by atoms with E-state index < -0.39 is 0 Å². The number of thioether (sulfide) groups is 1. The van der Waals surface area contributed by atoms with Gasteiger partial charge in [0.1, 0.15) is 0 Å². The van der Waals surface area contributed by atoms with Crippen LogP contribution in [0.4, 0.5) is 0 Å². The minimum Gasteiger partial charge on any atom is -0.399 e. The van der Waals surface area contributed by atoms with E-state index >= 15 is 0 Å². The maximum absolute atomic E-state index is 11.4. The van der Waals surface area contributed by atoms with Crippen LogP contribution < -0.4 is 5.46 Å². The van der Waals surface area contributed by atoms with Gasteiger partial charge in [-0.05, 0) is 44.8 Å². The van der Waals surface area contributed by atoms with Crippen molar-refractivity contribution in [1.29, 1.82) is 0 Å². The summed E-state index contributed by atoms with van der Waals surface area (Å²) in [6.07, 6.45) is 0.531. The van der Waals surface area contributed by atoms with E-state index in [1.54, 1.807) is 0 Å². The summed E-state index contributed by atoms with van der Waals surface area (Å²) in [5.41, 5.74) is 1.43. The van der Waals surface area contributed by atoms with Gasteiger partial charge in [-0.15, -0.1) is 0 Å². The van der Waals surface area contributed by atoms with Gasteiger partial charge in [0.15, 0.2) is 5.12 Å². The highest BCUT2D eigenvalue weighted by molar-refractivity contribution is 8.14. The van der Waals surface area contributed by atoms with Crippen LogP contribution in [0.25, 0.3) is 0 Å². The number of hydrogen-bond donors (Lipinski definition) is 0. The third-order valence-corrected chi connectivity index (χ3v) is 5.15. The lowest BCUT2D eigenvalue weighted by atomic mass is 9.79. The molecule has 1 saturated heterocycles. The van der Waals surface area contributed by atoms with E-state index in [0.717, 1.165) is 15.9 Å². The van der Waals surface area contributed by atoms with Gasteiger partial charge < -0.3 is 9.31 Å². The summed E-state index contributed by atoms with van der Waals surface area (Å²) >= 11 is 1.31. The van der Waals surface area contributed by atoms with Crippen molar-refractivity contribution in [2.24, 2.45) is 0 Å². The van der Waals surface area contributed by atoms with Crippen molar-refractivity contribution in [3.8, 4) is 0 Å². The summed E-state index contributed by atoms with van der Waals surface area (Å²) in [6, 6.07) is 6.03. The summed E-state index contributed by atoms with van der Waals surface area (Å²) in [5, 5.41) is 0.209. The Balaban J connectivity index is 1.90. The molecule has 1 fully saturated rings. The van der Waals surface area contributed by atoms with Crippen molar-refractivity contribution >= 4 is 29.5 Å². The molecule has 0 aliphatic carbocycles. The van der Waals surface area contributed by atoms with Crippen molar-refractivity contribution in [2.75, 3.05) is 0 Å². The van der Waals surface area contributed by atoms with E-state index in [4.69, 9.17) is 9.31 Å². The topological polar surface area (TPSA) is 35.5 Å². The Hall–Kier alpha value is -0.775. The minimum atomic E-state index is -0.355. The highest BCUT2D eigenvalue weighted by Crippen LogP contribution is 2.37. The summed E-state index contributed by atoms with van der Waals surface area (Å²) < 4.78 is 12.0. The Morgan fingerprint density at radius 2 is 1.79 bits per heavy atom. The summed E-state index contributed by atoms with van der Waals surface area (Å²) in [6.45, 7) is 8.16. The minimum absolute atomic E-state index is 0.209. The van der Waals surface area contributed by atoms with E-state index in [1.165, 1.54) is 11.8 Å². The van der Waals surface area contributed by atoms with E-state index in [0.29, 0.717) is 6.42 Å². The van der Waals surface area contributed by atoms with Crippen molar-refractivity contribution in [3.63, 3.8) is 0 Å². The van der Waals surface area contributed by atoms with Crippen molar-refractivity contribution in [3.05, 3.63) is 23.8 Å². The molecule has 0 atom stereocenters. The van der Waals surface area contributed by atoms with Crippen molar-refractivity contribution < 1.29 is 14.1 Å². The Morgan fingerprint density at radius 3 is 2.42 bits per heavy atom. The van der Waals surface area contributed by atoms with E-state index in [-0.39, 0.29) is 23.4 Å². The predicted octanol–water partition coefficient (Wildman–Crippen LogP) is 2.16. The molecule has 2 heterocycles. The van der Waals surface area contributed by atoms with Gasteiger partial charge in [0.2, 0.25) is 0 Å². The van der Waals surface area contributed by atoms with E-state index in [2.05, 4.69) is 0 Å². The fourth-order valence-corrected chi connectivity index (χ4v) is 3.19. The van der Waals surface area contributed by atoms with E-state index in [9.17, 15) is 4.79 Å². The Bertz CT molecular complexity index is 538. The second kappa shape index (κ2) is 4.11. The molecular weight excluding hydrogens is 259 g/mol. The first kappa shape index (κ1) is 13.2. The van der Waals surface area contributed by atoms with Gasteiger partial charge in [0.05, 0.1) is 11.2 Å². The number of carbonyl (C=O) groups excluding carboxylic acids is 1. The quantitative estimate of drug-likeness (QED) is 0.736. The molecule has 0 radical (unpaired) electrons. The van der Waals surface area contributed by atoms with Crippen LogP contribution in [0.5, 0.6) is 0 Å². The number of carbonyl (C=O) groups is 1. The lowest BCUT2D eigenvalue weighted by molar-refractivity contribution is -0.110. The SMILES string of the molecule is CC1(C)OB(c2ccc3c(c2)SC(=O)C3)OC1(C)C. The standard InChI is InChI=1S/C14H17BO3S/c1-13(2)14(3,4)18-15(17-13)10-6-5-9-7-12(16)19-11(9)8-10/h5-6,8H,7H2,1-4H3. The molecule has 19 heavy (non-hydrogen) atoms. The summed E-state index contributed by atoms with van der Waals surface area (Å²) in [7, 11) is -0.355. The van der Waals surface area contributed by atoms with Gasteiger partial charge in [0, 0.05) is 11.3 Å². The molecule has 1 aromatic carbocycles. The molecule has 3 rings (SSSR count).